The lowest BCUT2D eigenvalue weighted by atomic mass is 10.2. The van der Waals surface area contributed by atoms with Crippen LogP contribution in [-0.2, 0) is 16.1 Å². The Balaban J connectivity index is 1.65. The second kappa shape index (κ2) is 9.15. The Bertz CT molecular complexity index is 528. The number of rotatable bonds is 9. The SMILES string of the molecule is NC(=O)CC(=O)NCCCOc1cccc(CN2CCCC2)c1. The van der Waals surface area contributed by atoms with Gasteiger partial charge in [0.15, 0.2) is 0 Å². The van der Waals surface area contributed by atoms with E-state index in [1.807, 2.05) is 12.1 Å². The molecule has 3 N–H and O–H groups in total. The molecule has 0 unspecified atom stereocenters. The van der Waals surface area contributed by atoms with Gasteiger partial charge in [-0.2, -0.15) is 0 Å². The first-order valence-electron chi connectivity index (χ1n) is 8.12. The summed E-state index contributed by atoms with van der Waals surface area (Å²) in [7, 11) is 0. The van der Waals surface area contributed by atoms with E-state index in [0.717, 1.165) is 12.3 Å². The summed E-state index contributed by atoms with van der Waals surface area (Å²) < 4.78 is 5.71. The molecule has 0 saturated carbocycles. The monoisotopic (exact) mass is 319 g/mol. The van der Waals surface area contributed by atoms with E-state index in [1.165, 1.54) is 31.5 Å². The molecule has 23 heavy (non-hydrogen) atoms. The third-order valence-electron chi connectivity index (χ3n) is 3.75. The average Bonchev–Trinajstić information content (AvgIpc) is 2.99. The first kappa shape index (κ1) is 17.3. The molecule has 0 aliphatic carbocycles. The average molecular weight is 319 g/mol. The van der Waals surface area contributed by atoms with Crippen molar-refractivity contribution in [3.05, 3.63) is 29.8 Å². The van der Waals surface area contributed by atoms with Crippen LogP contribution in [0, 0.1) is 0 Å². The fourth-order valence-electron chi connectivity index (χ4n) is 2.64. The van der Waals surface area contributed by atoms with Gasteiger partial charge in [-0.05, 0) is 50.0 Å². The Morgan fingerprint density at radius 1 is 1.26 bits per heavy atom. The molecule has 0 aromatic heterocycles. The van der Waals surface area contributed by atoms with Crippen LogP contribution in [0.3, 0.4) is 0 Å². The van der Waals surface area contributed by atoms with Crippen LogP contribution in [0.25, 0.3) is 0 Å². The van der Waals surface area contributed by atoms with Crippen molar-refractivity contribution >= 4 is 11.8 Å². The van der Waals surface area contributed by atoms with Crippen molar-refractivity contribution in [1.82, 2.24) is 10.2 Å². The smallest absolute Gasteiger partial charge is 0.229 e. The van der Waals surface area contributed by atoms with Crippen LogP contribution in [0.1, 0.15) is 31.2 Å². The summed E-state index contributed by atoms with van der Waals surface area (Å²) in [5, 5.41) is 2.63. The highest BCUT2D eigenvalue weighted by molar-refractivity contribution is 5.95. The van der Waals surface area contributed by atoms with Crippen LogP contribution in [0.5, 0.6) is 5.75 Å². The third kappa shape index (κ3) is 6.69. The van der Waals surface area contributed by atoms with Gasteiger partial charge in [0.1, 0.15) is 12.2 Å². The molecule has 0 radical (unpaired) electrons. The lowest BCUT2D eigenvalue weighted by Gasteiger charge is -2.15. The van der Waals surface area contributed by atoms with Gasteiger partial charge in [-0.15, -0.1) is 0 Å². The number of carbonyl (C=O) groups is 2. The summed E-state index contributed by atoms with van der Waals surface area (Å²) in [5.74, 6) is -0.108. The number of carbonyl (C=O) groups excluding carboxylic acids is 2. The molecule has 1 fully saturated rings. The maximum atomic E-state index is 11.2. The van der Waals surface area contributed by atoms with Crippen molar-refractivity contribution in [3.63, 3.8) is 0 Å². The number of hydrogen-bond donors (Lipinski definition) is 2. The van der Waals surface area contributed by atoms with E-state index in [2.05, 4.69) is 22.3 Å². The Hall–Kier alpha value is -2.08. The summed E-state index contributed by atoms with van der Waals surface area (Å²) in [6.07, 6.45) is 3.00. The van der Waals surface area contributed by atoms with Crippen LogP contribution in [-0.4, -0.2) is 43.0 Å². The third-order valence-corrected chi connectivity index (χ3v) is 3.75. The van der Waals surface area contributed by atoms with Gasteiger partial charge in [0, 0.05) is 13.1 Å². The zero-order chi connectivity index (χ0) is 16.5. The lowest BCUT2D eigenvalue weighted by molar-refractivity contribution is -0.127. The van der Waals surface area contributed by atoms with Gasteiger partial charge in [-0.25, -0.2) is 0 Å². The second-order valence-corrected chi connectivity index (χ2v) is 5.83. The van der Waals surface area contributed by atoms with Gasteiger partial charge in [0.25, 0.3) is 0 Å². The van der Waals surface area contributed by atoms with Crippen LogP contribution in [0.4, 0.5) is 0 Å². The van der Waals surface area contributed by atoms with Gasteiger partial charge >= 0.3 is 0 Å². The fourth-order valence-corrected chi connectivity index (χ4v) is 2.64. The van der Waals surface area contributed by atoms with E-state index in [1.54, 1.807) is 0 Å². The summed E-state index contributed by atoms with van der Waals surface area (Å²) in [6.45, 7) is 4.32. The quantitative estimate of drug-likeness (QED) is 0.526. The fraction of sp³-hybridized carbons (Fsp3) is 0.529. The normalized spacial score (nSPS) is 14.6. The molecule has 1 aromatic carbocycles. The maximum Gasteiger partial charge on any atom is 0.229 e. The summed E-state index contributed by atoms with van der Waals surface area (Å²) >= 11 is 0. The number of nitrogens with zero attached hydrogens (tertiary/aromatic N) is 1. The summed E-state index contributed by atoms with van der Waals surface area (Å²) in [6, 6.07) is 8.15. The highest BCUT2D eigenvalue weighted by Gasteiger charge is 2.11. The molecule has 2 amide bonds. The predicted molar refractivity (Wildman–Crippen MR) is 87.9 cm³/mol. The lowest BCUT2D eigenvalue weighted by Crippen LogP contribution is -2.29. The number of hydrogen-bond acceptors (Lipinski definition) is 4. The number of nitrogens with two attached hydrogens (primary N) is 1. The number of primary amides is 1. The minimum atomic E-state index is -0.617. The Morgan fingerprint density at radius 2 is 2.04 bits per heavy atom. The molecule has 0 spiro atoms. The van der Waals surface area contributed by atoms with Crippen molar-refractivity contribution in [2.75, 3.05) is 26.2 Å². The molecule has 1 aromatic rings. The molecule has 1 heterocycles. The van der Waals surface area contributed by atoms with Crippen molar-refractivity contribution in [1.29, 1.82) is 0 Å². The standard InChI is InChI=1S/C17H25N3O3/c18-16(21)12-17(22)19-7-4-10-23-15-6-3-5-14(11-15)13-20-8-1-2-9-20/h3,5-6,11H,1-2,4,7-10,12-13H2,(H2,18,21)(H,19,22). The van der Waals surface area contributed by atoms with Gasteiger partial charge in [-0.3, -0.25) is 14.5 Å². The molecule has 2 rings (SSSR count). The van der Waals surface area contributed by atoms with E-state index in [9.17, 15) is 9.59 Å². The molecule has 0 atom stereocenters. The van der Waals surface area contributed by atoms with Gasteiger partial charge in [0.05, 0.1) is 6.61 Å². The number of nitrogens with one attached hydrogen (secondary N) is 1. The number of likely N-dealkylation sites (tertiary alicyclic amines) is 1. The minimum absolute atomic E-state index is 0.264. The van der Waals surface area contributed by atoms with E-state index < -0.39 is 5.91 Å². The highest BCUT2D eigenvalue weighted by Crippen LogP contribution is 2.17. The van der Waals surface area contributed by atoms with Crippen LogP contribution < -0.4 is 15.8 Å². The van der Waals surface area contributed by atoms with Crippen molar-refractivity contribution in [3.8, 4) is 5.75 Å². The highest BCUT2D eigenvalue weighted by atomic mass is 16.5. The molecule has 1 aliphatic rings. The Labute approximate surface area is 137 Å². The van der Waals surface area contributed by atoms with Crippen molar-refractivity contribution < 1.29 is 14.3 Å². The molecule has 1 saturated heterocycles. The zero-order valence-corrected chi connectivity index (χ0v) is 13.4. The van der Waals surface area contributed by atoms with E-state index >= 15 is 0 Å². The summed E-state index contributed by atoms with van der Waals surface area (Å²) in [4.78, 5) is 24.3. The van der Waals surface area contributed by atoms with Crippen LogP contribution >= 0.6 is 0 Å². The van der Waals surface area contributed by atoms with Crippen molar-refractivity contribution in [2.45, 2.75) is 32.2 Å². The van der Waals surface area contributed by atoms with Gasteiger partial charge in [0.2, 0.25) is 11.8 Å². The van der Waals surface area contributed by atoms with E-state index in [-0.39, 0.29) is 12.3 Å². The molecular weight excluding hydrogens is 294 g/mol. The molecule has 6 nitrogen and oxygen atoms in total. The molecule has 126 valence electrons. The second-order valence-electron chi connectivity index (χ2n) is 5.83. The van der Waals surface area contributed by atoms with E-state index in [4.69, 9.17) is 10.5 Å². The summed E-state index contributed by atoms with van der Waals surface area (Å²) in [5.41, 5.74) is 6.21. The number of benzene rings is 1. The predicted octanol–water partition coefficient (Wildman–Crippen LogP) is 1.04. The zero-order valence-electron chi connectivity index (χ0n) is 13.4. The topological polar surface area (TPSA) is 84.7 Å². The largest absolute Gasteiger partial charge is 0.494 e. The van der Waals surface area contributed by atoms with Crippen LogP contribution in [0.15, 0.2) is 24.3 Å². The molecule has 0 bridgehead atoms. The number of amides is 2. The first-order valence-corrected chi connectivity index (χ1v) is 8.12. The van der Waals surface area contributed by atoms with Gasteiger partial charge in [-0.1, -0.05) is 12.1 Å². The van der Waals surface area contributed by atoms with Crippen molar-refractivity contribution in [2.24, 2.45) is 5.73 Å². The molecular formula is C17H25N3O3. The van der Waals surface area contributed by atoms with E-state index in [0.29, 0.717) is 19.6 Å². The Kier molecular flexibility index (Phi) is 6.87. The van der Waals surface area contributed by atoms with Gasteiger partial charge < -0.3 is 15.8 Å². The molecule has 6 heteroatoms. The Morgan fingerprint density at radius 3 is 2.78 bits per heavy atom. The maximum absolute atomic E-state index is 11.2. The number of ether oxygens (including phenoxy) is 1. The minimum Gasteiger partial charge on any atom is -0.494 e. The molecule has 1 aliphatic heterocycles. The first-order chi connectivity index (χ1) is 11.1. The van der Waals surface area contributed by atoms with Crippen LogP contribution in [0.2, 0.25) is 0 Å².